The Kier molecular flexibility index (Phi) is 7.18. The standard InChI is InChI=1S/C25H29Cl2FN4O3/c1-25(2,3)16(11-31-13-30-19-9-17(26)18(27)10-21(19)31)23(22(12-33)35-24(29)34)32-7-6-14-8-15(28)4-5-20(14)32/h4-5,8-10,13,16,22-23,33H,6-7,11-12H2,1-3H3,(H2,29,34)/t16?,22?,23-/m0/s1. The topological polar surface area (TPSA) is 93.6 Å². The highest BCUT2D eigenvalue weighted by Crippen LogP contribution is 2.41. The molecule has 1 aliphatic heterocycles. The van der Waals surface area contributed by atoms with Gasteiger partial charge in [-0.15, -0.1) is 0 Å². The van der Waals surface area contributed by atoms with E-state index in [0.29, 0.717) is 35.1 Å². The lowest BCUT2D eigenvalue weighted by molar-refractivity contribution is 0.0111. The van der Waals surface area contributed by atoms with Crippen molar-refractivity contribution in [2.24, 2.45) is 17.1 Å². The van der Waals surface area contributed by atoms with E-state index >= 15 is 0 Å². The summed E-state index contributed by atoms with van der Waals surface area (Å²) >= 11 is 12.5. The van der Waals surface area contributed by atoms with Gasteiger partial charge in [0, 0.05) is 24.7 Å². The Balaban J connectivity index is 1.81. The molecule has 0 saturated heterocycles. The number of nitrogens with zero attached hydrogens (tertiary/aromatic N) is 3. The third-order valence-electron chi connectivity index (χ3n) is 6.74. The maximum Gasteiger partial charge on any atom is 0.404 e. The van der Waals surface area contributed by atoms with Crippen LogP contribution in [-0.2, 0) is 17.7 Å². The zero-order valence-corrected chi connectivity index (χ0v) is 21.4. The maximum absolute atomic E-state index is 13.9. The highest BCUT2D eigenvalue weighted by atomic mass is 35.5. The largest absolute Gasteiger partial charge is 0.442 e. The van der Waals surface area contributed by atoms with Gasteiger partial charge in [-0.3, -0.25) is 0 Å². The molecule has 7 nitrogen and oxygen atoms in total. The minimum atomic E-state index is -0.963. The van der Waals surface area contributed by atoms with E-state index in [0.717, 1.165) is 16.8 Å². The van der Waals surface area contributed by atoms with E-state index < -0.39 is 24.8 Å². The van der Waals surface area contributed by atoms with Crippen LogP contribution in [0.4, 0.5) is 14.9 Å². The van der Waals surface area contributed by atoms with Gasteiger partial charge in [-0.05, 0) is 47.7 Å². The van der Waals surface area contributed by atoms with Crippen molar-refractivity contribution in [2.45, 2.75) is 45.9 Å². The molecule has 2 heterocycles. The number of aliphatic hydroxyl groups excluding tert-OH is 1. The van der Waals surface area contributed by atoms with E-state index in [1.54, 1.807) is 24.5 Å². The van der Waals surface area contributed by atoms with Gasteiger partial charge in [0.1, 0.15) is 11.9 Å². The Morgan fingerprint density at radius 3 is 2.63 bits per heavy atom. The van der Waals surface area contributed by atoms with E-state index in [2.05, 4.69) is 30.7 Å². The van der Waals surface area contributed by atoms with Crippen LogP contribution in [0.15, 0.2) is 36.7 Å². The molecule has 4 rings (SSSR count). The molecule has 0 spiro atoms. The van der Waals surface area contributed by atoms with Gasteiger partial charge in [0.15, 0.2) is 0 Å². The number of anilines is 1. The first-order valence-electron chi connectivity index (χ1n) is 11.4. The van der Waals surface area contributed by atoms with E-state index in [9.17, 15) is 14.3 Å². The van der Waals surface area contributed by atoms with Crippen molar-refractivity contribution >= 4 is 46.0 Å². The number of aliphatic hydroxyl groups is 1. The molecule has 1 aromatic heterocycles. The van der Waals surface area contributed by atoms with E-state index in [4.69, 9.17) is 33.7 Å². The molecule has 0 radical (unpaired) electrons. The molecule has 3 atom stereocenters. The van der Waals surface area contributed by atoms with Crippen LogP contribution >= 0.6 is 23.2 Å². The zero-order valence-electron chi connectivity index (χ0n) is 19.8. The van der Waals surface area contributed by atoms with Crippen molar-refractivity contribution in [1.29, 1.82) is 0 Å². The fourth-order valence-electron chi connectivity index (χ4n) is 5.05. The number of imidazole rings is 1. The summed E-state index contributed by atoms with van der Waals surface area (Å²) in [5, 5.41) is 11.2. The van der Waals surface area contributed by atoms with Crippen LogP contribution in [0.3, 0.4) is 0 Å². The molecule has 1 amide bonds. The number of halogens is 3. The lowest BCUT2D eigenvalue weighted by Crippen LogP contribution is -2.55. The number of rotatable bonds is 7. The fourth-order valence-corrected chi connectivity index (χ4v) is 5.37. The van der Waals surface area contributed by atoms with Crippen LogP contribution in [0, 0.1) is 17.2 Å². The molecule has 10 heteroatoms. The van der Waals surface area contributed by atoms with Gasteiger partial charge in [0.2, 0.25) is 0 Å². The summed E-state index contributed by atoms with van der Waals surface area (Å²) in [6.07, 6.45) is 0.496. The normalized spacial score (nSPS) is 16.3. The third kappa shape index (κ3) is 5.20. The summed E-state index contributed by atoms with van der Waals surface area (Å²) in [7, 11) is 0. The minimum Gasteiger partial charge on any atom is -0.442 e. The van der Waals surface area contributed by atoms with E-state index in [1.807, 2.05) is 4.57 Å². The predicted molar refractivity (Wildman–Crippen MR) is 135 cm³/mol. The molecular formula is C25H29Cl2FN4O3. The second-order valence-electron chi connectivity index (χ2n) is 9.99. The lowest BCUT2D eigenvalue weighted by atomic mass is 9.73. The summed E-state index contributed by atoms with van der Waals surface area (Å²) in [6, 6.07) is 7.71. The molecule has 0 aliphatic carbocycles. The van der Waals surface area contributed by atoms with Gasteiger partial charge in [0.05, 0.1) is 40.1 Å². The number of nitrogens with two attached hydrogens (primary N) is 1. The van der Waals surface area contributed by atoms with Crippen molar-refractivity contribution in [3.05, 3.63) is 58.1 Å². The predicted octanol–water partition coefficient (Wildman–Crippen LogP) is 5.03. The number of hydrogen-bond donors (Lipinski definition) is 2. The van der Waals surface area contributed by atoms with Gasteiger partial charge in [-0.2, -0.15) is 0 Å². The quantitative estimate of drug-likeness (QED) is 0.453. The van der Waals surface area contributed by atoms with Gasteiger partial charge in [-0.25, -0.2) is 14.2 Å². The summed E-state index contributed by atoms with van der Waals surface area (Å²) in [6.45, 7) is 6.92. The van der Waals surface area contributed by atoms with Crippen LogP contribution in [0.2, 0.25) is 10.0 Å². The van der Waals surface area contributed by atoms with E-state index in [-0.39, 0.29) is 17.2 Å². The summed E-state index contributed by atoms with van der Waals surface area (Å²) in [5.41, 5.74) is 8.31. The molecule has 3 aromatic rings. The van der Waals surface area contributed by atoms with Gasteiger partial charge in [-0.1, -0.05) is 44.0 Å². The number of benzene rings is 2. The average molecular weight is 523 g/mol. The molecule has 2 aromatic carbocycles. The second kappa shape index (κ2) is 9.84. The number of aromatic nitrogens is 2. The molecule has 2 unspecified atom stereocenters. The summed E-state index contributed by atoms with van der Waals surface area (Å²) < 4.78 is 21.3. The van der Waals surface area contributed by atoms with Gasteiger partial charge < -0.3 is 25.0 Å². The Bertz CT molecular complexity index is 1240. The number of primary amides is 1. The summed E-state index contributed by atoms with van der Waals surface area (Å²) in [4.78, 5) is 18.4. The van der Waals surface area contributed by atoms with Gasteiger partial charge >= 0.3 is 6.09 Å². The van der Waals surface area contributed by atoms with Crippen molar-refractivity contribution < 1.29 is 19.0 Å². The first kappa shape index (κ1) is 25.5. The highest BCUT2D eigenvalue weighted by Gasteiger charge is 2.44. The number of carbonyl (C=O) groups is 1. The highest BCUT2D eigenvalue weighted by molar-refractivity contribution is 6.42. The zero-order chi connectivity index (χ0) is 25.5. The Labute approximate surface area is 213 Å². The van der Waals surface area contributed by atoms with Crippen molar-refractivity contribution in [3.8, 4) is 0 Å². The first-order valence-corrected chi connectivity index (χ1v) is 12.2. The Morgan fingerprint density at radius 1 is 1.26 bits per heavy atom. The molecule has 1 aliphatic rings. The minimum absolute atomic E-state index is 0.165. The van der Waals surface area contributed by atoms with Crippen LogP contribution in [-0.4, -0.2) is 46.0 Å². The van der Waals surface area contributed by atoms with Crippen LogP contribution in [0.25, 0.3) is 11.0 Å². The number of hydrogen-bond acceptors (Lipinski definition) is 5. The average Bonchev–Trinajstić information content (AvgIpc) is 3.35. The smallest absolute Gasteiger partial charge is 0.404 e. The molecule has 0 fully saturated rings. The molecule has 188 valence electrons. The third-order valence-corrected chi connectivity index (χ3v) is 7.46. The van der Waals surface area contributed by atoms with Crippen molar-refractivity contribution in [2.75, 3.05) is 18.1 Å². The first-order chi connectivity index (χ1) is 16.5. The Hall–Kier alpha value is -2.55. The molecule has 0 saturated carbocycles. The fraction of sp³-hybridized carbons (Fsp3) is 0.440. The number of fused-ring (bicyclic) bond motifs is 2. The van der Waals surface area contributed by atoms with Crippen LogP contribution in [0.5, 0.6) is 0 Å². The molecule has 35 heavy (non-hydrogen) atoms. The monoisotopic (exact) mass is 522 g/mol. The lowest BCUT2D eigenvalue weighted by Gasteiger charge is -2.45. The molecular weight excluding hydrogens is 494 g/mol. The molecule has 3 N–H and O–H groups in total. The van der Waals surface area contributed by atoms with E-state index in [1.165, 1.54) is 12.1 Å². The molecule has 0 bridgehead atoms. The Morgan fingerprint density at radius 2 is 1.97 bits per heavy atom. The van der Waals surface area contributed by atoms with Crippen molar-refractivity contribution in [1.82, 2.24) is 9.55 Å². The van der Waals surface area contributed by atoms with Crippen LogP contribution in [0.1, 0.15) is 26.3 Å². The van der Waals surface area contributed by atoms with Crippen molar-refractivity contribution in [3.63, 3.8) is 0 Å². The number of ether oxygens (including phenoxy) is 1. The van der Waals surface area contributed by atoms with Crippen LogP contribution < -0.4 is 10.6 Å². The van der Waals surface area contributed by atoms with Gasteiger partial charge in [0.25, 0.3) is 0 Å². The number of carbonyl (C=O) groups excluding carboxylic acids is 1. The second-order valence-corrected chi connectivity index (χ2v) is 10.8. The maximum atomic E-state index is 13.9. The number of amides is 1. The SMILES string of the molecule is CC(C)(C)C(Cn1cnc2cc(Cl)c(Cl)cc21)[C@@H](C(CO)OC(N)=O)N1CCc2cc(F)ccc21. The summed E-state index contributed by atoms with van der Waals surface area (Å²) in [5.74, 6) is -0.469.